The van der Waals surface area contributed by atoms with Gasteiger partial charge in [0, 0.05) is 22.3 Å². The second-order valence-electron chi connectivity index (χ2n) is 4.88. The molecule has 2 nitrogen and oxygen atoms in total. The molecule has 0 bridgehead atoms. The van der Waals surface area contributed by atoms with E-state index in [1.807, 2.05) is 17.5 Å². The molecule has 0 atom stereocenters. The third-order valence-electron chi connectivity index (χ3n) is 3.25. The first-order chi connectivity index (χ1) is 10.6. The monoisotopic (exact) mass is 381 g/mol. The van der Waals surface area contributed by atoms with Crippen LogP contribution in [0.5, 0.6) is 0 Å². The number of benzene rings is 1. The number of hydrogen-bond donors (Lipinski definition) is 0. The molecule has 0 fully saturated rings. The van der Waals surface area contributed by atoms with Gasteiger partial charge in [-0.1, -0.05) is 34.1 Å². The molecule has 2 rings (SSSR count). The maximum absolute atomic E-state index is 13.8. The first kappa shape index (κ1) is 16.9. The molecule has 0 unspecified atom stereocenters. The van der Waals surface area contributed by atoms with E-state index in [1.165, 1.54) is 6.07 Å². The molecule has 1 heterocycles. The smallest absolute Gasteiger partial charge is 0.223 e. The molecular formula is C17H17BrFNOS. The fourth-order valence-electron chi connectivity index (χ4n) is 2.13. The predicted molar refractivity (Wildman–Crippen MR) is 92.4 cm³/mol. The van der Waals surface area contributed by atoms with E-state index in [0.717, 1.165) is 4.88 Å². The molecule has 116 valence electrons. The van der Waals surface area contributed by atoms with Crippen LogP contribution in [0.15, 0.2) is 52.8 Å². The van der Waals surface area contributed by atoms with Crippen LogP contribution in [-0.2, 0) is 17.8 Å². The fraction of sp³-hybridized carbons (Fsp3) is 0.235. The first-order valence-electron chi connectivity index (χ1n) is 6.95. The average Bonchev–Trinajstić information content (AvgIpc) is 2.98. The number of carbonyl (C=O) groups is 1. The molecule has 22 heavy (non-hydrogen) atoms. The largest absolute Gasteiger partial charge is 0.334 e. The van der Waals surface area contributed by atoms with E-state index in [0.29, 0.717) is 29.5 Å². The minimum atomic E-state index is -0.282. The summed E-state index contributed by atoms with van der Waals surface area (Å²) in [5, 5.41) is 1.99. The number of rotatable bonds is 7. The van der Waals surface area contributed by atoms with Gasteiger partial charge in [-0.05, 0) is 35.6 Å². The van der Waals surface area contributed by atoms with E-state index >= 15 is 0 Å². The van der Waals surface area contributed by atoms with Gasteiger partial charge >= 0.3 is 0 Å². The number of halogens is 2. The van der Waals surface area contributed by atoms with Crippen molar-refractivity contribution in [3.05, 3.63) is 69.1 Å². The average molecular weight is 382 g/mol. The Labute approximate surface area is 142 Å². The Bertz CT molecular complexity index is 642. The lowest BCUT2D eigenvalue weighted by molar-refractivity contribution is -0.131. The van der Waals surface area contributed by atoms with Crippen LogP contribution in [0.1, 0.15) is 16.9 Å². The summed E-state index contributed by atoms with van der Waals surface area (Å²) in [6, 6.07) is 8.89. The minimum absolute atomic E-state index is 0.00983. The van der Waals surface area contributed by atoms with Gasteiger partial charge < -0.3 is 4.90 Å². The van der Waals surface area contributed by atoms with Crippen LogP contribution in [-0.4, -0.2) is 17.4 Å². The van der Waals surface area contributed by atoms with Crippen molar-refractivity contribution in [1.82, 2.24) is 4.90 Å². The molecule has 0 radical (unpaired) electrons. The fourth-order valence-corrected chi connectivity index (χ4v) is 3.18. The topological polar surface area (TPSA) is 20.3 Å². The van der Waals surface area contributed by atoms with Crippen LogP contribution < -0.4 is 0 Å². The molecule has 5 heteroatoms. The lowest BCUT2D eigenvalue weighted by Crippen LogP contribution is -2.30. The molecule has 0 aliphatic carbocycles. The molecule has 0 N–H and O–H groups in total. The van der Waals surface area contributed by atoms with Crippen molar-refractivity contribution < 1.29 is 9.18 Å². The predicted octanol–water partition coefficient (Wildman–Crippen LogP) is 4.80. The molecule has 0 saturated carbocycles. The second-order valence-corrected chi connectivity index (χ2v) is 6.83. The number of aryl methyl sites for hydroxylation is 1. The van der Waals surface area contributed by atoms with Crippen molar-refractivity contribution in [3.63, 3.8) is 0 Å². The van der Waals surface area contributed by atoms with Crippen molar-refractivity contribution in [2.24, 2.45) is 0 Å². The first-order valence-corrected chi connectivity index (χ1v) is 8.62. The highest BCUT2D eigenvalue weighted by Crippen LogP contribution is 2.18. The lowest BCUT2D eigenvalue weighted by Gasteiger charge is -2.20. The maximum atomic E-state index is 13.8. The maximum Gasteiger partial charge on any atom is 0.223 e. The summed E-state index contributed by atoms with van der Waals surface area (Å²) >= 11 is 4.85. The third kappa shape index (κ3) is 4.78. The quantitative estimate of drug-likeness (QED) is 0.630. The summed E-state index contributed by atoms with van der Waals surface area (Å²) in [7, 11) is 0. The van der Waals surface area contributed by atoms with Gasteiger partial charge in [0.05, 0.1) is 6.54 Å². The third-order valence-corrected chi connectivity index (χ3v) is 4.61. The highest BCUT2D eigenvalue weighted by atomic mass is 79.9. The number of nitrogens with zero attached hydrogens (tertiary/aromatic N) is 1. The standard InChI is InChI=1S/C17H17BrFNOS/c1-2-9-20(12-15-4-3-10-22-15)17(21)8-6-13-5-7-14(18)11-16(13)19/h2-5,7,10-11H,1,6,8-9,12H2. The van der Waals surface area contributed by atoms with E-state index in [-0.39, 0.29) is 18.1 Å². The SMILES string of the molecule is C=CCN(Cc1cccs1)C(=O)CCc1ccc(Br)cc1F. The van der Waals surface area contributed by atoms with Crippen molar-refractivity contribution >= 4 is 33.2 Å². The minimum Gasteiger partial charge on any atom is -0.334 e. The van der Waals surface area contributed by atoms with Crippen molar-refractivity contribution in [2.75, 3.05) is 6.54 Å². The summed E-state index contributed by atoms with van der Waals surface area (Å²) in [4.78, 5) is 15.2. The van der Waals surface area contributed by atoms with Gasteiger partial charge in [-0.2, -0.15) is 0 Å². The van der Waals surface area contributed by atoms with E-state index in [1.54, 1.807) is 34.4 Å². The van der Waals surface area contributed by atoms with E-state index < -0.39 is 0 Å². The van der Waals surface area contributed by atoms with Crippen LogP contribution >= 0.6 is 27.3 Å². The Morgan fingerprint density at radius 3 is 2.86 bits per heavy atom. The Kier molecular flexibility index (Phi) is 6.34. The lowest BCUT2D eigenvalue weighted by atomic mass is 10.1. The Hall–Kier alpha value is -1.46. The van der Waals surface area contributed by atoms with E-state index in [9.17, 15) is 9.18 Å². The van der Waals surface area contributed by atoms with Gasteiger partial charge in [0.25, 0.3) is 0 Å². The van der Waals surface area contributed by atoms with Gasteiger partial charge in [-0.3, -0.25) is 4.79 Å². The Morgan fingerprint density at radius 2 is 2.23 bits per heavy atom. The van der Waals surface area contributed by atoms with Crippen LogP contribution in [0.25, 0.3) is 0 Å². The van der Waals surface area contributed by atoms with Crippen molar-refractivity contribution in [3.8, 4) is 0 Å². The molecule has 0 saturated heterocycles. The molecule has 1 amide bonds. The van der Waals surface area contributed by atoms with E-state index in [4.69, 9.17) is 0 Å². The number of carbonyl (C=O) groups excluding carboxylic acids is 1. The van der Waals surface area contributed by atoms with Crippen LogP contribution in [0, 0.1) is 5.82 Å². The van der Waals surface area contributed by atoms with Gasteiger partial charge in [0.2, 0.25) is 5.91 Å². The molecule has 0 aliphatic heterocycles. The van der Waals surface area contributed by atoms with Gasteiger partial charge in [0.1, 0.15) is 5.82 Å². The Morgan fingerprint density at radius 1 is 1.41 bits per heavy atom. The van der Waals surface area contributed by atoms with Gasteiger partial charge in [-0.25, -0.2) is 4.39 Å². The summed E-state index contributed by atoms with van der Waals surface area (Å²) in [6.45, 7) is 4.77. The van der Waals surface area contributed by atoms with Crippen LogP contribution in [0.2, 0.25) is 0 Å². The van der Waals surface area contributed by atoms with E-state index in [2.05, 4.69) is 22.5 Å². The van der Waals surface area contributed by atoms with Gasteiger partial charge in [-0.15, -0.1) is 17.9 Å². The van der Waals surface area contributed by atoms with Gasteiger partial charge in [0.15, 0.2) is 0 Å². The Balaban J connectivity index is 1.97. The molecular weight excluding hydrogens is 365 g/mol. The van der Waals surface area contributed by atoms with Crippen LogP contribution in [0.4, 0.5) is 4.39 Å². The molecule has 1 aromatic heterocycles. The van der Waals surface area contributed by atoms with Crippen molar-refractivity contribution in [1.29, 1.82) is 0 Å². The zero-order chi connectivity index (χ0) is 15.9. The summed E-state index contributed by atoms with van der Waals surface area (Å²) in [5.74, 6) is -0.272. The summed E-state index contributed by atoms with van der Waals surface area (Å²) in [6.07, 6.45) is 2.40. The van der Waals surface area contributed by atoms with Crippen molar-refractivity contribution in [2.45, 2.75) is 19.4 Å². The zero-order valence-electron chi connectivity index (χ0n) is 12.1. The molecule has 2 aromatic rings. The highest BCUT2D eigenvalue weighted by Gasteiger charge is 2.14. The van der Waals surface area contributed by atoms with Crippen LogP contribution in [0.3, 0.4) is 0 Å². The summed E-state index contributed by atoms with van der Waals surface area (Å²) in [5.41, 5.74) is 0.561. The second kappa shape index (κ2) is 8.25. The number of thiophene rings is 1. The molecule has 1 aromatic carbocycles. The summed E-state index contributed by atoms with van der Waals surface area (Å²) < 4.78 is 14.5. The highest BCUT2D eigenvalue weighted by molar-refractivity contribution is 9.10. The molecule has 0 spiro atoms. The normalized spacial score (nSPS) is 10.5. The number of hydrogen-bond acceptors (Lipinski definition) is 2. The zero-order valence-corrected chi connectivity index (χ0v) is 14.5. The molecule has 0 aliphatic rings. The number of amides is 1.